The van der Waals surface area contributed by atoms with Gasteiger partial charge in [0, 0.05) is 17.6 Å². The maximum absolute atomic E-state index is 13.2. The maximum Gasteiger partial charge on any atom is 0.274 e. The molecule has 0 unspecified atom stereocenters. The number of benzene rings is 2. The summed E-state index contributed by atoms with van der Waals surface area (Å²) in [6.07, 6.45) is 1.39. The molecule has 0 aliphatic heterocycles. The highest BCUT2D eigenvalue weighted by Gasteiger charge is 2.11. The molecule has 2 aromatic carbocycles. The molecule has 0 saturated heterocycles. The topological polar surface area (TPSA) is 66.9 Å². The second-order valence-electron chi connectivity index (χ2n) is 4.98. The van der Waals surface area contributed by atoms with Crippen molar-refractivity contribution in [1.82, 2.24) is 9.97 Å². The van der Waals surface area contributed by atoms with Crippen LogP contribution in [0.2, 0.25) is 5.02 Å². The number of aromatic nitrogens is 2. The maximum atomic E-state index is 13.2. The molecule has 2 N–H and O–H groups in total. The van der Waals surface area contributed by atoms with Crippen LogP contribution in [0.4, 0.5) is 26.1 Å². The van der Waals surface area contributed by atoms with E-state index >= 15 is 0 Å². The summed E-state index contributed by atoms with van der Waals surface area (Å²) in [5, 5.41) is 5.26. The van der Waals surface area contributed by atoms with Crippen molar-refractivity contribution >= 4 is 34.8 Å². The van der Waals surface area contributed by atoms with Gasteiger partial charge in [0.1, 0.15) is 17.3 Å². The summed E-state index contributed by atoms with van der Waals surface area (Å²) in [5.74, 6) is -1.38. The van der Waals surface area contributed by atoms with Gasteiger partial charge in [0.15, 0.2) is 0 Å². The number of nitrogens with zero attached hydrogens (tertiary/aromatic N) is 2. The lowest BCUT2D eigenvalue weighted by Gasteiger charge is -2.08. The van der Waals surface area contributed by atoms with Crippen molar-refractivity contribution in [3.63, 3.8) is 0 Å². The number of hydrogen-bond donors (Lipinski definition) is 2. The average molecular weight is 361 g/mol. The fourth-order valence-electron chi connectivity index (χ4n) is 2.01. The van der Waals surface area contributed by atoms with Gasteiger partial charge < -0.3 is 10.6 Å². The van der Waals surface area contributed by atoms with Crippen LogP contribution in [0.25, 0.3) is 0 Å². The summed E-state index contributed by atoms with van der Waals surface area (Å²) in [4.78, 5) is 20.3. The molecule has 0 spiro atoms. The minimum atomic E-state index is -0.580. The number of nitrogens with one attached hydrogen (secondary N) is 2. The van der Waals surface area contributed by atoms with E-state index < -0.39 is 17.5 Å². The third-order valence-corrected chi connectivity index (χ3v) is 3.44. The molecule has 25 heavy (non-hydrogen) atoms. The molecule has 0 saturated carbocycles. The third-order valence-electron chi connectivity index (χ3n) is 3.15. The lowest BCUT2D eigenvalue weighted by molar-refractivity contribution is 0.102. The Morgan fingerprint density at radius 2 is 1.88 bits per heavy atom. The van der Waals surface area contributed by atoms with Gasteiger partial charge in [-0.1, -0.05) is 17.7 Å². The monoisotopic (exact) mass is 360 g/mol. The Balaban J connectivity index is 1.76. The van der Waals surface area contributed by atoms with E-state index in [9.17, 15) is 13.6 Å². The van der Waals surface area contributed by atoms with Crippen molar-refractivity contribution in [3.05, 3.63) is 77.1 Å². The first-order valence-corrected chi connectivity index (χ1v) is 7.51. The Hall–Kier alpha value is -3.06. The van der Waals surface area contributed by atoms with Gasteiger partial charge in [-0.25, -0.2) is 18.7 Å². The Kier molecular flexibility index (Phi) is 4.85. The highest BCUT2D eigenvalue weighted by Crippen LogP contribution is 2.20. The summed E-state index contributed by atoms with van der Waals surface area (Å²) in [6.45, 7) is 0. The number of anilines is 3. The van der Waals surface area contributed by atoms with E-state index in [0.717, 1.165) is 6.07 Å². The lowest BCUT2D eigenvalue weighted by Crippen LogP contribution is -2.14. The zero-order valence-electron chi connectivity index (χ0n) is 12.6. The quantitative estimate of drug-likeness (QED) is 0.723. The Morgan fingerprint density at radius 1 is 1.04 bits per heavy atom. The fraction of sp³-hybridized carbons (Fsp3) is 0. The van der Waals surface area contributed by atoms with E-state index in [4.69, 9.17) is 11.6 Å². The van der Waals surface area contributed by atoms with Gasteiger partial charge in [0.25, 0.3) is 5.91 Å². The van der Waals surface area contributed by atoms with Gasteiger partial charge in [0.05, 0.1) is 5.02 Å². The van der Waals surface area contributed by atoms with Crippen molar-refractivity contribution in [2.75, 3.05) is 10.6 Å². The molecule has 3 rings (SSSR count). The van der Waals surface area contributed by atoms with E-state index in [2.05, 4.69) is 20.6 Å². The van der Waals surface area contributed by atoms with E-state index in [1.165, 1.54) is 42.6 Å². The van der Waals surface area contributed by atoms with Gasteiger partial charge in [-0.2, -0.15) is 0 Å². The van der Waals surface area contributed by atoms with E-state index in [0.29, 0.717) is 11.4 Å². The van der Waals surface area contributed by atoms with E-state index in [-0.39, 0.29) is 16.7 Å². The summed E-state index contributed by atoms with van der Waals surface area (Å²) in [5.41, 5.74) is 0.854. The smallest absolute Gasteiger partial charge is 0.274 e. The van der Waals surface area contributed by atoms with Gasteiger partial charge in [0.2, 0.25) is 5.95 Å². The number of hydrogen-bond acceptors (Lipinski definition) is 4. The predicted molar refractivity (Wildman–Crippen MR) is 91.1 cm³/mol. The van der Waals surface area contributed by atoms with Gasteiger partial charge in [-0.15, -0.1) is 0 Å². The molecule has 126 valence electrons. The van der Waals surface area contributed by atoms with Crippen LogP contribution in [-0.4, -0.2) is 15.9 Å². The largest absolute Gasteiger partial charge is 0.324 e. The summed E-state index contributed by atoms with van der Waals surface area (Å²) < 4.78 is 26.3. The molecule has 1 amide bonds. The Labute approximate surface area is 146 Å². The molecular formula is C17H11ClF2N4O. The van der Waals surface area contributed by atoms with Crippen molar-refractivity contribution < 1.29 is 13.6 Å². The number of halogens is 3. The Bertz CT molecular complexity index is 936. The van der Waals surface area contributed by atoms with E-state index in [1.807, 2.05) is 0 Å². The molecule has 1 aromatic heterocycles. The first-order chi connectivity index (χ1) is 12.0. The molecule has 8 heteroatoms. The molecule has 0 fully saturated rings. The standard InChI is InChI=1S/C17H11ClF2N4O/c18-13-9-12(4-5-14(13)20)22-16(25)15-6-7-21-17(24-15)23-11-3-1-2-10(19)8-11/h1-9H,(H,22,25)(H,21,23,24). The zero-order chi connectivity index (χ0) is 17.8. The van der Waals surface area contributed by atoms with Crippen LogP contribution in [0.5, 0.6) is 0 Å². The van der Waals surface area contributed by atoms with Gasteiger partial charge in [-0.05, 0) is 42.5 Å². The minimum absolute atomic E-state index is 0.0781. The molecular weight excluding hydrogens is 350 g/mol. The van der Waals surface area contributed by atoms with Crippen molar-refractivity contribution in [3.8, 4) is 0 Å². The van der Waals surface area contributed by atoms with Crippen LogP contribution in [-0.2, 0) is 0 Å². The molecule has 0 atom stereocenters. The highest BCUT2D eigenvalue weighted by molar-refractivity contribution is 6.31. The van der Waals surface area contributed by atoms with Crippen molar-refractivity contribution in [2.45, 2.75) is 0 Å². The third kappa shape index (κ3) is 4.27. The second-order valence-corrected chi connectivity index (χ2v) is 5.39. The number of amides is 1. The minimum Gasteiger partial charge on any atom is -0.324 e. The summed E-state index contributed by atoms with van der Waals surface area (Å²) in [7, 11) is 0. The molecule has 0 bridgehead atoms. The van der Waals surface area contributed by atoms with Crippen LogP contribution < -0.4 is 10.6 Å². The number of carbonyl (C=O) groups is 1. The van der Waals surface area contributed by atoms with Crippen LogP contribution >= 0.6 is 11.6 Å². The molecule has 0 aliphatic carbocycles. The number of rotatable bonds is 4. The molecule has 0 aliphatic rings. The molecule has 3 aromatic rings. The van der Waals surface area contributed by atoms with Crippen molar-refractivity contribution in [1.29, 1.82) is 0 Å². The first-order valence-electron chi connectivity index (χ1n) is 7.13. The van der Waals surface area contributed by atoms with Crippen LogP contribution in [0.3, 0.4) is 0 Å². The normalized spacial score (nSPS) is 10.4. The fourth-order valence-corrected chi connectivity index (χ4v) is 2.19. The van der Waals surface area contributed by atoms with Crippen LogP contribution in [0.15, 0.2) is 54.7 Å². The predicted octanol–water partition coefficient (Wildman–Crippen LogP) is 4.40. The average Bonchev–Trinajstić information content (AvgIpc) is 2.58. The highest BCUT2D eigenvalue weighted by atomic mass is 35.5. The van der Waals surface area contributed by atoms with Gasteiger partial charge >= 0.3 is 0 Å². The molecule has 1 heterocycles. The summed E-state index contributed by atoms with van der Waals surface area (Å²) >= 11 is 5.68. The van der Waals surface area contributed by atoms with Gasteiger partial charge in [-0.3, -0.25) is 4.79 Å². The zero-order valence-corrected chi connectivity index (χ0v) is 13.4. The number of carbonyl (C=O) groups excluding carboxylic acids is 1. The van der Waals surface area contributed by atoms with Crippen molar-refractivity contribution in [2.24, 2.45) is 0 Å². The second kappa shape index (κ2) is 7.23. The first kappa shape index (κ1) is 16.8. The molecule has 0 radical (unpaired) electrons. The molecule has 5 nitrogen and oxygen atoms in total. The van der Waals surface area contributed by atoms with Crippen LogP contribution in [0.1, 0.15) is 10.5 Å². The van der Waals surface area contributed by atoms with Crippen LogP contribution in [0, 0.1) is 11.6 Å². The SMILES string of the molecule is O=C(Nc1ccc(F)c(Cl)c1)c1ccnc(Nc2cccc(F)c2)n1. The van der Waals surface area contributed by atoms with E-state index in [1.54, 1.807) is 6.07 Å². The Morgan fingerprint density at radius 3 is 2.64 bits per heavy atom. The summed E-state index contributed by atoms with van der Waals surface area (Å²) in [6, 6.07) is 11.0. The lowest BCUT2D eigenvalue weighted by atomic mass is 10.3.